The number of thiol groups is 2. The van der Waals surface area contributed by atoms with Crippen molar-refractivity contribution in [1.82, 2.24) is 0 Å². The lowest BCUT2D eigenvalue weighted by molar-refractivity contribution is 0.674. The second-order valence-corrected chi connectivity index (χ2v) is 11.6. The van der Waals surface area contributed by atoms with Gasteiger partial charge in [-0.3, -0.25) is 4.21 Å². The molecule has 1 atom stereocenters. The Morgan fingerprint density at radius 1 is 1.43 bits per heavy atom. The van der Waals surface area contributed by atoms with Gasteiger partial charge in [0, 0.05) is 28.7 Å². The van der Waals surface area contributed by atoms with E-state index >= 15 is 0 Å². The minimum atomic E-state index is -2.74. The van der Waals surface area contributed by atoms with E-state index in [9.17, 15) is 4.21 Å². The van der Waals surface area contributed by atoms with Gasteiger partial charge in [-0.05, 0) is 36.0 Å². The molecule has 2 nitrogen and oxygen atoms in total. The van der Waals surface area contributed by atoms with Gasteiger partial charge in [0.25, 0.3) is 0 Å². The van der Waals surface area contributed by atoms with Crippen molar-refractivity contribution >= 4 is 32.2 Å². The van der Waals surface area contributed by atoms with Gasteiger partial charge >= 0.3 is 0 Å². The molecule has 0 saturated heterocycles. The van der Waals surface area contributed by atoms with E-state index in [1.165, 1.54) is 0 Å². The number of nitrogens with two attached hydrogens (primary N) is 1. The van der Waals surface area contributed by atoms with Gasteiger partial charge in [0.1, 0.15) is 0 Å². The first kappa shape index (κ1) is 24.4. The molecular weight excluding hydrogens is 406 g/mol. The lowest BCUT2D eigenvalue weighted by atomic mass is 9.91. The molecule has 0 bridgehead atoms. The molecule has 5 heteroatoms. The quantitative estimate of drug-likeness (QED) is 0.155. The summed E-state index contributed by atoms with van der Waals surface area (Å²) in [6.07, 6.45) is 11.7. The van der Waals surface area contributed by atoms with Crippen LogP contribution in [0.4, 0.5) is 0 Å². The van der Waals surface area contributed by atoms with E-state index in [1.807, 2.05) is 56.3 Å². The van der Waals surface area contributed by atoms with Gasteiger partial charge in [-0.15, -0.1) is 29.7 Å². The molecule has 0 heterocycles. The number of benzene rings is 1. The Morgan fingerprint density at radius 2 is 2.07 bits per heavy atom. The maximum Gasteiger partial charge on any atom is 0.0407 e. The van der Waals surface area contributed by atoms with Crippen LogP contribution in [-0.4, -0.2) is 15.8 Å². The van der Waals surface area contributed by atoms with E-state index in [0.29, 0.717) is 29.5 Å². The third kappa shape index (κ3) is 8.14. The number of terminal acetylenes is 1. The molecule has 1 aromatic rings. The molecule has 0 aliphatic heterocycles. The second kappa shape index (κ2) is 12.0. The number of hydrogen-bond acceptors (Lipinski definition) is 2. The second-order valence-electron chi connectivity index (χ2n) is 6.81. The molecule has 28 heavy (non-hydrogen) atoms. The van der Waals surface area contributed by atoms with Gasteiger partial charge in [-0.25, -0.2) is 0 Å². The molecular formula is C23H30ClNOS2. The van der Waals surface area contributed by atoms with Crippen LogP contribution >= 0.6 is 23.3 Å². The van der Waals surface area contributed by atoms with E-state index < -0.39 is 8.96 Å². The van der Waals surface area contributed by atoms with Crippen molar-refractivity contribution in [3.05, 3.63) is 83.1 Å². The third-order valence-corrected chi connectivity index (χ3v) is 7.13. The number of hydrogen-bond donors (Lipinski definition) is 3. The Bertz CT molecular complexity index is 847. The molecule has 0 fully saturated rings. The Labute approximate surface area is 180 Å². The molecule has 2 N–H and O–H groups in total. The van der Waals surface area contributed by atoms with Gasteiger partial charge in [0.15, 0.2) is 0 Å². The first-order valence-corrected chi connectivity index (χ1v) is 12.8. The summed E-state index contributed by atoms with van der Waals surface area (Å²) >= 11 is 10.2. The summed E-state index contributed by atoms with van der Waals surface area (Å²) in [5.74, 6) is 3.96. The van der Waals surface area contributed by atoms with Crippen molar-refractivity contribution in [1.29, 1.82) is 0 Å². The van der Waals surface area contributed by atoms with E-state index in [1.54, 1.807) is 6.08 Å². The van der Waals surface area contributed by atoms with Gasteiger partial charge in [-0.2, -0.15) is 0 Å². The largest absolute Gasteiger partial charge is 0.402 e. The van der Waals surface area contributed by atoms with Gasteiger partial charge < -0.3 is 5.73 Å². The molecule has 0 aliphatic rings. The fraction of sp³-hybridized carbons (Fsp3) is 0.304. The van der Waals surface area contributed by atoms with Crippen LogP contribution in [0.15, 0.2) is 77.6 Å². The molecule has 0 radical (unpaired) electrons. The van der Waals surface area contributed by atoms with Crippen molar-refractivity contribution in [2.24, 2.45) is 11.7 Å². The summed E-state index contributed by atoms with van der Waals surface area (Å²) in [5.41, 5.74) is 10.6. The molecule has 152 valence electrons. The van der Waals surface area contributed by atoms with Crippen LogP contribution in [0.5, 0.6) is 0 Å². The van der Waals surface area contributed by atoms with Crippen LogP contribution in [0.3, 0.4) is 0 Å². The molecule has 0 spiro atoms. The highest BCUT2D eigenvalue weighted by Crippen LogP contribution is 2.26. The van der Waals surface area contributed by atoms with E-state index in [-0.39, 0.29) is 5.92 Å². The van der Waals surface area contributed by atoms with E-state index in [2.05, 4.69) is 24.2 Å². The predicted octanol–water partition coefficient (Wildman–Crippen LogP) is 5.22. The molecule has 1 unspecified atom stereocenters. The molecule has 1 rings (SSSR count). The summed E-state index contributed by atoms with van der Waals surface area (Å²) in [6.45, 7) is 7.85. The van der Waals surface area contributed by atoms with Crippen molar-refractivity contribution in [3.63, 3.8) is 0 Å². The van der Waals surface area contributed by atoms with Crippen LogP contribution in [0.25, 0.3) is 0 Å². The standard InChI is InChI=1S/C23H30ClNOS2/c1-5-21(17-28(26,27)16-20-12-8-7-9-13-20)23(25)15-19(4)22(6-2)18(3)11-10-14-24/h2,5,7-13,19,28H,1,14-17,25H2,3-4H3,(H,26,27)/b11-10-,22-18+,23-21-. The Balaban J connectivity index is 2.99. The van der Waals surface area contributed by atoms with Crippen molar-refractivity contribution < 1.29 is 4.21 Å². The Kier molecular flexibility index (Phi) is 10.5. The molecule has 0 amide bonds. The van der Waals surface area contributed by atoms with Crippen LogP contribution in [0, 0.1) is 18.3 Å². The van der Waals surface area contributed by atoms with Crippen molar-refractivity contribution in [2.75, 3.05) is 11.6 Å². The lowest BCUT2D eigenvalue weighted by Crippen LogP contribution is -2.17. The fourth-order valence-corrected chi connectivity index (χ4v) is 5.80. The summed E-state index contributed by atoms with van der Waals surface area (Å²) in [7, 11) is -2.74. The normalized spacial score (nSPS) is 15.4. The average molecular weight is 436 g/mol. The van der Waals surface area contributed by atoms with Crippen LogP contribution in [0.1, 0.15) is 25.8 Å². The summed E-state index contributed by atoms with van der Waals surface area (Å²) in [4.78, 5) is 0. The minimum absolute atomic E-state index is 0.0494. The molecule has 0 aliphatic carbocycles. The van der Waals surface area contributed by atoms with Crippen LogP contribution in [-0.2, 0) is 14.7 Å². The summed E-state index contributed by atoms with van der Waals surface area (Å²) in [5, 5.41) is 0. The Morgan fingerprint density at radius 3 is 2.61 bits per heavy atom. The highest BCUT2D eigenvalue weighted by molar-refractivity contribution is 8.69. The van der Waals surface area contributed by atoms with Gasteiger partial charge in [-0.1, -0.05) is 76.9 Å². The zero-order valence-corrected chi connectivity index (χ0v) is 19.1. The number of halogens is 1. The Hall–Kier alpha value is -1.67. The number of rotatable bonds is 10. The zero-order valence-electron chi connectivity index (χ0n) is 16.6. The maximum absolute atomic E-state index is 13.0. The van der Waals surface area contributed by atoms with Crippen LogP contribution < -0.4 is 5.73 Å². The van der Waals surface area contributed by atoms with E-state index in [4.69, 9.17) is 23.8 Å². The maximum atomic E-state index is 13.0. The topological polar surface area (TPSA) is 43.1 Å². The fourth-order valence-electron chi connectivity index (χ4n) is 3.01. The molecule has 1 aromatic carbocycles. The van der Waals surface area contributed by atoms with Gasteiger partial charge in [0.2, 0.25) is 0 Å². The van der Waals surface area contributed by atoms with Crippen molar-refractivity contribution in [3.8, 4) is 12.3 Å². The number of allylic oxidation sites excluding steroid dienone is 6. The molecule has 0 aromatic heterocycles. The number of alkyl halides is 1. The first-order valence-electron chi connectivity index (χ1n) is 9.08. The SMILES string of the molecule is C#C/C(=C(C)\C=C/CCl)C(C)C/C(N)=C(\C=C)C[SH](=O)(S)Cc1ccccc1. The monoisotopic (exact) mass is 435 g/mol. The van der Waals surface area contributed by atoms with E-state index in [0.717, 1.165) is 22.3 Å². The predicted molar refractivity (Wildman–Crippen MR) is 130 cm³/mol. The molecule has 0 saturated carbocycles. The average Bonchev–Trinajstić information content (AvgIpc) is 2.65. The highest BCUT2D eigenvalue weighted by atomic mass is 35.5. The van der Waals surface area contributed by atoms with Gasteiger partial charge in [0.05, 0.1) is 0 Å². The van der Waals surface area contributed by atoms with Crippen molar-refractivity contribution in [2.45, 2.75) is 26.0 Å². The third-order valence-electron chi connectivity index (χ3n) is 4.40. The smallest absolute Gasteiger partial charge is 0.0407 e. The summed E-state index contributed by atoms with van der Waals surface area (Å²) in [6, 6.07) is 9.69. The van der Waals surface area contributed by atoms with Crippen LogP contribution in [0.2, 0.25) is 0 Å². The zero-order chi connectivity index (χ0) is 21.2. The highest BCUT2D eigenvalue weighted by Gasteiger charge is 2.17. The summed E-state index contributed by atoms with van der Waals surface area (Å²) < 4.78 is 13.0. The lowest BCUT2D eigenvalue weighted by Gasteiger charge is -2.21. The first-order chi connectivity index (χ1) is 13.2. The minimum Gasteiger partial charge on any atom is -0.402 e.